The van der Waals surface area contributed by atoms with Gasteiger partial charge in [0.05, 0.1) is 0 Å². The maximum absolute atomic E-state index is 3.73. The van der Waals surface area contributed by atoms with Crippen molar-refractivity contribution in [1.82, 2.24) is 10.6 Å². The van der Waals surface area contributed by atoms with Crippen molar-refractivity contribution in [2.24, 2.45) is 22.7 Å². The SMILES string of the molecule is C=CCNC/C=C(\C=C/C)N/C=C/C(C(/C=C/C)C(C)(C)C)C(C)(C)C. The van der Waals surface area contributed by atoms with Gasteiger partial charge in [0, 0.05) is 18.8 Å². The lowest BCUT2D eigenvalue weighted by Gasteiger charge is -2.41. The van der Waals surface area contributed by atoms with Crippen molar-refractivity contribution in [2.45, 2.75) is 55.4 Å². The van der Waals surface area contributed by atoms with E-state index >= 15 is 0 Å². The number of nitrogens with one attached hydrogen (secondary N) is 2. The van der Waals surface area contributed by atoms with E-state index in [-0.39, 0.29) is 10.8 Å². The van der Waals surface area contributed by atoms with Crippen LogP contribution < -0.4 is 10.6 Å². The quantitative estimate of drug-likeness (QED) is 0.275. The molecule has 0 aliphatic heterocycles. The van der Waals surface area contributed by atoms with Crippen LogP contribution in [0.5, 0.6) is 0 Å². The molecule has 0 saturated carbocycles. The van der Waals surface area contributed by atoms with Crippen molar-refractivity contribution in [3.8, 4) is 0 Å². The molecule has 0 rings (SSSR count). The number of hydrogen-bond acceptors (Lipinski definition) is 2. The summed E-state index contributed by atoms with van der Waals surface area (Å²) in [5.74, 6) is 0.922. The van der Waals surface area contributed by atoms with Crippen LogP contribution in [0.3, 0.4) is 0 Å². The third-order valence-corrected chi connectivity index (χ3v) is 4.44. The first-order chi connectivity index (χ1) is 12.1. The predicted molar refractivity (Wildman–Crippen MR) is 119 cm³/mol. The first kappa shape index (κ1) is 24.5. The molecule has 0 radical (unpaired) electrons. The Morgan fingerprint density at radius 3 is 1.92 bits per heavy atom. The molecule has 0 fully saturated rings. The molecule has 2 heteroatoms. The lowest BCUT2D eigenvalue weighted by molar-refractivity contribution is 0.143. The second-order valence-corrected chi connectivity index (χ2v) is 8.92. The molecular weight excluding hydrogens is 316 g/mol. The van der Waals surface area contributed by atoms with Gasteiger partial charge in [-0.2, -0.15) is 0 Å². The first-order valence-electron chi connectivity index (χ1n) is 9.78. The van der Waals surface area contributed by atoms with Crippen molar-refractivity contribution in [2.75, 3.05) is 13.1 Å². The van der Waals surface area contributed by atoms with Crippen molar-refractivity contribution >= 4 is 0 Å². The summed E-state index contributed by atoms with van der Waals surface area (Å²) in [6.07, 6.45) is 17.2. The van der Waals surface area contributed by atoms with Crippen LogP contribution in [0.4, 0.5) is 0 Å². The van der Waals surface area contributed by atoms with Crippen LogP contribution in [0.15, 0.2) is 61.0 Å². The zero-order valence-corrected chi connectivity index (χ0v) is 18.4. The van der Waals surface area contributed by atoms with Gasteiger partial charge in [-0.15, -0.1) is 6.58 Å². The van der Waals surface area contributed by atoms with Gasteiger partial charge in [-0.25, -0.2) is 0 Å². The van der Waals surface area contributed by atoms with Gasteiger partial charge in [0.25, 0.3) is 0 Å². The molecular formula is C24H42N2. The monoisotopic (exact) mass is 358 g/mol. The third kappa shape index (κ3) is 9.82. The summed E-state index contributed by atoms with van der Waals surface area (Å²) < 4.78 is 0. The van der Waals surface area contributed by atoms with Crippen LogP contribution in [-0.2, 0) is 0 Å². The third-order valence-electron chi connectivity index (χ3n) is 4.44. The van der Waals surface area contributed by atoms with E-state index in [1.807, 2.05) is 13.0 Å². The average molecular weight is 359 g/mol. The minimum atomic E-state index is 0.186. The molecule has 2 atom stereocenters. The van der Waals surface area contributed by atoms with E-state index in [1.165, 1.54) is 0 Å². The Labute approximate surface area is 163 Å². The molecule has 26 heavy (non-hydrogen) atoms. The van der Waals surface area contributed by atoms with Gasteiger partial charge >= 0.3 is 0 Å². The molecule has 0 aromatic rings. The first-order valence-corrected chi connectivity index (χ1v) is 9.78. The Morgan fingerprint density at radius 2 is 1.46 bits per heavy atom. The Balaban J connectivity index is 5.34. The van der Waals surface area contributed by atoms with E-state index in [0.29, 0.717) is 11.8 Å². The van der Waals surface area contributed by atoms with Crippen LogP contribution >= 0.6 is 0 Å². The summed E-state index contributed by atoms with van der Waals surface area (Å²) in [6.45, 7) is 23.5. The van der Waals surface area contributed by atoms with Crippen LogP contribution in [0, 0.1) is 22.7 Å². The Hall–Kier alpha value is -1.54. The molecule has 2 N–H and O–H groups in total. The predicted octanol–water partition coefficient (Wildman–Crippen LogP) is 6.23. The van der Waals surface area contributed by atoms with Gasteiger partial charge < -0.3 is 10.6 Å². The molecule has 0 aliphatic rings. The van der Waals surface area contributed by atoms with Crippen molar-refractivity contribution < 1.29 is 0 Å². The lowest BCUT2D eigenvalue weighted by Crippen LogP contribution is -2.34. The highest BCUT2D eigenvalue weighted by molar-refractivity contribution is 5.19. The van der Waals surface area contributed by atoms with Gasteiger partial charge in [-0.1, -0.05) is 71.9 Å². The topological polar surface area (TPSA) is 24.1 Å². The van der Waals surface area contributed by atoms with Crippen LogP contribution in [0.2, 0.25) is 0 Å². The summed E-state index contributed by atoms with van der Waals surface area (Å²) in [5.41, 5.74) is 1.50. The zero-order valence-electron chi connectivity index (χ0n) is 18.4. The second-order valence-electron chi connectivity index (χ2n) is 8.92. The number of rotatable bonds is 10. The van der Waals surface area contributed by atoms with Crippen LogP contribution in [0.25, 0.3) is 0 Å². The highest BCUT2D eigenvalue weighted by Gasteiger charge is 2.35. The zero-order chi connectivity index (χ0) is 20.2. The smallest absolute Gasteiger partial charge is 0.0348 e. The Kier molecular flexibility index (Phi) is 11.2. The molecule has 2 nitrogen and oxygen atoms in total. The second kappa shape index (κ2) is 12.0. The lowest BCUT2D eigenvalue weighted by atomic mass is 9.64. The van der Waals surface area contributed by atoms with E-state index in [4.69, 9.17) is 0 Å². The summed E-state index contributed by atoms with van der Waals surface area (Å²) >= 11 is 0. The molecule has 2 unspecified atom stereocenters. The summed E-state index contributed by atoms with van der Waals surface area (Å²) in [7, 11) is 0. The highest BCUT2D eigenvalue weighted by Crippen LogP contribution is 2.42. The van der Waals surface area contributed by atoms with Crippen LogP contribution in [-0.4, -0.2) is 13.1 Å². The minimum Gasteiger partial charge on any atom is -0.362 e. The summed E-state index contributed by atoms with van der Waals surface area (Å²) in [6, 6.07) is 0. The largest absolute Gasteiger partial charge is 0.362 e. The van der Waals surface area contributed by atoms with E-state index in [9.17, 15) is 0 Å². The fourth-order valence-electron chi connectivity index (χ4n) is 3.07. The molecule has 0 spiro atoms. The van der Waals surface area contributed by atoms with Gasteiger partial charge in [0.1, 0.15) is 0 Å². The average Bonchev–Trinajstić information content (AvgIpc) is 2.51. The van der Waals surface area contributed by atoms with Gasteiger partial charge in [-0.05, 0) is 54.9 Å². The highest BCUT2D eigenvalue weighted by atomic mass is 14.9. The molecule has 0 bridgehead atoms. The fraction of sp³-hybridized carbons (Fsp3) is 0.583. The minimum absolute atomic E-state index is 0.186. The van der Waals surface area contributed by atoms with Crippen molar-refractivity contribution in [3.05, 3.63) is 61.0 Å². The Bertz CT molecular complexity index is 507. The molecule has 0 aliphatic carbocycles. The van der Waals surface area contributed by atoms with Crippen LogP contribution in [0.1, 0.15) is 55.4 Å². The molecule has 0 aromatic heterocycles. The maximum atomic E-state index is 3.73. The van der Waals surface area contributed by atoms with Crippen molar-refractivity contribution in [1.29, 1.82) is 0 Å². The molecule has 0 amide bonds. The van der Waals surface area contributed by atoms with Gasteiger partial charge in [0.2, 0.25) is 0 Å². The van der Waals surface area contributed by atoms with Gasteiger partial charge in [0.15, 0.2) is 0 Å². The summed E-state index contributed by atoms with van der Waals surface area (Å²) in [4.78, 5) is 0. The van der Waals surface area contributed by atoms with Gasteiger partial charge in [-0.3, -0.25) is 0 Å². The molecule has 0 saturated heterocycles. The normalized spacial score (nSPS) is 16.5. The van der Waals surface area contributed by atoms with E-state index in [1.54, 1.807) is 0 Å². The van der Waals surface area contributed by atoms with Crippen molar-refractivity contribution in [3.63, 3.8) is 0 Å². The molecule has 0 aromatic carbocycles. The number of hydrogen-bond donors (Lipinski definition) is 2. The molecule has 148 valence electrons. The Morgan fingerprint density at radius 1 is 0.885 bits per heavy atom. The maximum Gasteiger partial charge on any atom is 0.0348 e. The standard InChI is InChI=1S/C24H42N2/c1-10-13-20(15-18-25-17-12-3)26-19-16-22(24(7,8)9)21(14-11-2)23(4,5)6/h10-16,19,21-22,25-26H,3,17-18H2,1-2,4-9H3/b13-10-,14-11+,19-16+,20-15+. The summed E-state index contributed by atoms with van der Waals surface area (Å²) in [5, 5.41) is 6.75. The van der Waals surface area contributed by atoms with E-state index < -0.39 is 0 Å². The molecule has 0 heterocycles. The fourth-order valence-corrected chi connectivity index (χ4v) is 3.07. The number of allylic oxidation sites excluding steroid dienone is 5. The van der Waals surface area contributed by atoms with E-state index in [0.717, 1.165) is 18.8 Å². The van der Waals surface area contributed by atoms with E-state index in [2.05, 4.69) is 108 Å².